The van der Waals surface area contributed by atoms with Crippen LogP contribution in [0.2, 0.25) is 0 Å². The van der Waals surface area contributed by atoms with E-state index in [2.05, 4.69) is 0 Å². The number of carboxylic acids is 2. The number of carbonyl (C=O) groups is 2. The van der Waals surface area contributed by atoms with Gasteiger partial charge in [0.2, 0.25) is 0 Å². The molecule has 0 amide bonds. The highest BCUT2D eigenvalue weighted by Gasteiger charge is 2.45. The first-order chi connectivity index (χ1) is 13.0. The molecule has 3 aromatic rings. The summed E-state index contributed by atoms with van der Waals surface area (Å²) >= 11 is 0. The van der Waals surface area contributed by atoms with E-state index >= 15 is 0 Å². The Labute approximate surface area is 157 Å². The van der Waals surface area contributed by atoms with Crippen molar-refractivity contribution in [1.82, 2.24) is 0 Å². The summed E-state index contributed by atoms with van der Waals surface area (Å²) in [5.41, 5.74) is -0.312. The molecule has 0 heterocycles. The Kier molecular flexibility index (Phi) is 5.36. The van der Waals surface area contributed by atoms with Crippen LogP contribution >= 0.6 is 0 Å². The fourth-order valence-corrected chi connectivity index (χ4v) is 3.22. The molecule has 3 rings (SSSR count). The first kappa shape index (κ1) is 18.4. The normalized spacial score (nSPS) is 11.7. The van der Waals surface area contributed by atoms with Crippen LogP contribution in [0.25, 0.3) is 16.8 Å². The second-order valence-corrected chi connectivity index (χ2v) is 6.52. The topological polar surface area (TPSA) is 74.6 Å². The Balaban J connectivity index is 1.96. The predicted molar refractivity (Wildman–Crippen MR) is 105 cm³/mol. The standard InChI is InChI=1S/C23H20O4/c24-21(25)23(22(26)27,15-7-10-17-8-2-1-3-9-17)16-19-13-6-12-18-11-4-5-14-20(18)19/h1-14H,15-16H2,(H,24,25)(H,26,27)/b10-7+. The SMILES string of the molecule is O=C(O)C(C/C=C/c1ccccc1)(Cc1cccc2ccccc12)C(=O)O. The first-order valence-electron chi connectivity index (χ1n) is 8.68. The maximum atomic E-state index is 12.0. The third kappa shape index (κ3) is 3.90. The Hall–Kier alpha value is -3.40. The summed E-state index contributed by atoms with van der Waals surface area (Å²) < 4.78 is 0. The van der Waals surface area contributed by atoms with Crippen molar-refractivity contribution in [1.29, 1.82) is 0 Å². The molecule has 0 saturated carbocycles. The van der Waals surface area contributed by atoms with Crippen LogP contribution in [-0.4, -0.2) is 22.2 Å². The summed E-state index contributed by atoms with van der Waals surface area (Å²) in [5.74, 6) is -2.67. The number of hydrogen-bond donors (Lipinski definition) is 2. The monoisotopic (exact) mass is 360 g/mol. The molecule has 3 aromatic carbocycles. The van der Waals surface area contributed by atoms with E-state index in [1.165, 1.54) is 0 Å². The molecule has 2 N–H and O–H groups in total. The minimum atomic E-state index is -1.92. The highest BCUT2D eigenvalue weighted by Crippen LogP contribution is 2.32. The van der Waals surface area contributed by atoms with Crippen LogP contribution in [0, 0.1) is 5.41 Å². The molecule has 27 heavy (non-hydrogen) atoms. The van der Waals surface area contributed by atoms with Crippen molar-refractivity contribution < 1.29 is 19.8 Å². The fourth-order valence-electron chi connectivity index (χ4n) is 3.22. The Morgan fingerprint density at radius 3 is 2.15 bits per heavy atom. The zero-order valence-electron chi connectivity index (χ0n) is 14.7. The van der Waals surface area contributed by atoms with Gasteiger partial charge in [-0.25, -0.2) is 0 Å². The Morgan fingerprint density at radius 2 is 1.44 bits per heavy atom. The second-order valence-electron chi connectivity index (χ2n) is 6.52. The maximum Gasteiger partial charge on any atom is 0.321 e. The van der Waals surface area contributed by atoms with Crippen molar-refractivity contribution in [2.45, 2.75) is 12.8 Å². The van der Waals surface area contributed by atoms with Gasteiger partial charge < -0.3 is 10.2 Å². The van der Waals surface area contributed by atoms with Crippen LogP contribution in [0.15, 0.2) is 78.9 Å². The van der Waals surface area contributed by atoms with Crippen molar-refractivity contribution in [3.63, 3.8) is 0 Å². The van der Waals surface area contributed by atoms with Crippen LogP contribution in [0.5, 0.6) is 0 Å². The van der Waals surface area contributed by atoms with E-state index in [1.54, 1.807) is 18.2 Å². The van der Waals surface area contributed by atoms with Crippen molar-refractivity contribution in [3.8, 4) is 0 Å². The molecule has 4 heteroatoms. The Morgan fingerprint density at radius 1 is 0.815 bits per heavy atom. The van der Waals surface area contributed by atoms with Crippen LogP contribution in [-0.2, 0) is 16.0 Å². The first-order valence-corrected chi connectivity index (χ1v) is 8.68. The smallest absolute Gasteiger partial charge is 0.321 e. The van der Waals surface area contributed by atoms with Crippen LogP contribution in [0.3, 0.4) is 0 Å². The summed E-state index contributed by atoms with van der Waals surface area (Å²) in [4.78, 5) is 24.1. The van der Waals surface area contributed by atoms with E-state index < -0.39 is 17.4 Å². The lowest BCUT2D eigenvalue weighted by atomic mass is 9.77. The number of hydrogen-bond acceptors (Lipinski definition) is 2. The summed E-state index contributed by atoms with van der Waals surface area (Å²) in [7, 11) is 0. The van der Waals surface area contributed by atoms with Gasteiger partial charge in [-0.15, -0.1) is 0 Å². The van der Waals surface area contributed by atoms with E-state index in [-0.39, 0.29) is 12.8 Å². The minimum absolute atomic E-state index is 0.0852. The zero-order chi connectivity index (χ0) is 19.3. The highest BCUT2D eigenvalue weighted by molar-refractivity contribution is 5.99. The molecule has 0 aliphatic heterocycles. The zero-order valence-corrected chi connectivity index (χ0v) is 14.7. The number of carboxylic acid groups (broad SMARTS) is 2. The average molecular weight is 360 g/mol. The number of allylic oxidation sites excluding steroid dienone is 1. The molecule has 136 valence electrons. The third-order valence-corrected chi connectivity index (χ3v) is 4.77. The predicted octanol–water partition coefficient (Wildman–Crippen LogP) is 4.64. The largest absolute Gasteiger partial charge is 0.480 e. The summed E-state index contributed by atoms with van der Waals surface area (Å²) in [6.07, 6.45) is 3.19. The summed E-state index contributed by atoms with van der Waals surface area (Å²) in [5, 5.41) is 21.5. The number of fused-ring (bicyclic) bond motifs is 1. The molecular weight excluding hydrogens is 340 g/mol. The van der Waals surface area contributed by atoms with Crippen molar-refractivity contribution >= 4 is 28.8 Å². The lowest BCUT2D eigenvalue weighted by molar-refractivity contribution is -0.164. The maximum absolute atomic E-state index is 12.0. The van der Waals surface area contributed by atoms with Gasteiger partial charge in [-0.1, -0.05) is 84.9 Å². The lowest BCUT2D eigenvalue weighted by Gasteiger charge is -2.24. The lowest BCUT2D eigenvalue weighted by Crippen LogP contribution is -2.41. The van der Waals surface area contributed by atoms with E-state index in [0.29, 0.717) is 5.56 Å². The molecule has 0 aliphatic rings. The van der Waals surface area contributed by atoms with E-state index in [1.807, 2.05) is 66.7 Å². The molecule has 0 fully saturated rings. The van der Waals surface area contributed by atoms with E-state index in [0.717, 1.165) is 16.3 Å². The van der Waals surface area contributed by atoms with Crippen molar-refractivity contribution in [2.24, 2.45) is 5.41 Å². The van der Waals surface area contributed by atoms with E-state index in [9.17, 15) is 19.8 Å². The van der Waals surface area contributed by atoms with Crippen LogP contribution in [0.1, 0.15) is 17.5 Å². The van der Waals surface area contributed by atoms with Crippen LogP contribution < -0.4 is 0 Å². The molecule has 4 nitrogen and oxygen atoms in total. The number of benzene rings is 3. The van der Waals surface area contributed by atoms with Gasteiger partial charge in [-0.3, -0.25) is 9.59 Å². The quantitative estimate of drug-likeness (QED) is 0.602. The summed E-state index contributed by atoms with van der Waals surface area (Å²) in [6.45, 7) is 0. The molecule has 0 radical (unpaired) electrons. The van der Waals surface area contributed by atoms with Gasteiger partial charge in [0.15, 0.2) is 5.41 Å². The second kappa shape index (κ2) is 7.87. The fraction of sp³-hybridized carbons (Fsp3) is 0.130. The van der Waals surface area contributed by atoms with Crippen molar-refractivity contribution in [2.75, 3.05) is 0 Å². The van der Waals surface area contributed by atoms with Gasteiger partial charge in [0.1, 0.15) is 0 Å². The van der Waals surface area contributed by atoms with Crippen LogP contribution in [0.4, 0.5) is 0 Å². The van der Waals surface area contributed by atoms with Gasteiger partial charge in [-0.05, 0) is 28.3 Å². The van der Waals surface area contributed by atoms with Crippen molar-refractivity contribution in [3.05, 3.63) is 90.0 Å². The van der Waals surface area contributed by atoms with E-state index in [4.69, 9.17) is 0 Å². The van der Waals surface area contributed by atoms with Gasteiger partial charge in [0.25, 0.3) is 0 Å². The van der Waals surface area contributed by atoms with Gasteiger partial charge in [-0.2, -0.15) is 0 Å². The molecule has 0 aliphatic carbocycles. The minimum Gasteiger partial charge on any atom is -0.480 e. The number of rotatable bonds is 7. The molecular formula is C23H20O4. The molecule has 0 bridgehead atoms. The number of aliphatic carboxylic acids is 2. The Bertz CT molecular complexity index is 970. The molecule has 0 saturated heterocycles. The molecule has 0 atom stereocenters. The third-order valence-electron chi connectivity index (χ3n) is 4.77. The summed E-state index contributed by atoms with van der Waals surface area (Å²) in [6, 6.07) is 22.5. The molecule has 0 spiro atoms. The van der Waals surface area contributed by atoms with Gasteiger partial charge in [0.05, 0.1) is 0 Å². The highest BCUT2D eigenvalue weighted by atomic mass is 16.4. The average Bonchev–Trinajstić information content (AvgIpc) is 2.67. The molecule has 0 aromatic heterocycles. The molecule has 0 unspecified atom stereocenters. The van der Waals surface area contributed by atoms with Gasteiger partial charge in [0, 0.05) is 6.42 Å². The van der Waals surface area contributed by atoms with Gasteiger partial charge >= 0.3 is 11.9 Å².